The van der Waals surface area contributed by atoms with Crippen LogP contribution in [0.25, 0.3) is 0 Å². The maximum Gasteiger partial charge on any atom is 0.145 e. The highest BCUT2D eigenvalue weighted by Gasteiger charge is 2.21. The number of halogens is 1. The number of hydrogen-bond donors (Lipinski definition) is 1. The van der Waals surface area contributed by atoms with Crippen molar-refractivity contribution in [1.29, 1.82) is 0 Å². The van der Waals surface area contributed by atoms with Gasteiger partial charge < -0.3 is 5.73 Å². The molecule has 0 spiro atoms. The Morgan fingerprint density at radius 3 is 2.68 bits per heavy atom. The van der Waals surface area contributed by atoms with Crippen LogP contribution in [0.1, 0.15) is 23.8 Å². The second-order valence-corrected chi connectivity index (χ2v) is 7.48. The van der Waals surface area contributed by atoms with Gasteiger partial charge in [0.2, 0.25) is 0 Å². The van der Waals surface area contributed by atoms with E-state index in [1.165, 1.54) is 8.66 Å². The Labute approximate surface area is 125 Å². The monoisotopic (exact) mass is 340 g/mol. The molecule has 2 aromatic heterocycles. The van der Waals surface area contributed by atoms with Gasteiger partial charge in [0.05, 0.1) is 9.83 Å². The highest BCUT2D eigenvalue weighted by molar-refractivity contribution is 9.11. The van der Waals surface area contributed by atoms with Gasteiger partial charge in [-0.3, -0.25) is 9.58 Å². The molecule has 1 fully saturated rings. The standard InChI is InChI=1S/C13H17BrN4S/c14-12-2-1-11(19-12)9-17-6-3-10(4-7-17)18-8-5-13(15)16-18/h1-2,5,8,10H,3-4,6-7,9H2,(H2,15,16). The van der Waals surface area contributed by atoms with E-state index in [9.17, 15) is 0 Å². The number of piperidine rings is 1. The summed E-state index contributed by atoms with van der Waals surface area (Å²) < 4.78 is 3.23. The Morgan fingerprint density at radius 2 is 2.11 bits per heavy atom. The van der Waals surface area contributed by atoms with E-state index >= 15 is 0 Å². The Morgan fingerprint density at radius 1 is 1.32 bits per heavy atom. The summed E-state index contributed by atoms with van der Waals surface area (Å²) in [6, 6.07) is 6.70. The lowest BCUT2D eigenvalue weighted by Gasteiger charge is -2.31. The molecular weight excluding hydrogens is 324 g/mol. The van der Waals surface area contributed by atoms with Crippen LogP contribution < -0.4 is 5.73 Å². The van der Waals surface area contributed by atoms with E-state index in [-0.39, 0.29) is 0 Å². The second kappa shape index (κ2) is 5.64. The summed E-state index contributed by atoms with van der Waals surface area (Å²) in [5.74, 6) is 0.617. The second-order valence-electron chi connectivity index (χ2n) is 4.93. The predicted molar refractivity (Wildman–Crippen MR) is 82.2 cm³/mol. The summed E-state index contributed by atoms with van der Waals surface area (Å²) in [6.45, 7) is 3.31. The molecule has 1 aliphatic rings. The summed E-state index contributed by atoms with van der Waals surface area (Å²) in [7, 11) is 0. The van der Waals surface area contributed by atoms with Gasteiger partial charge in [0, 0.05) is 30.7 Å². The van der Waals surface area contributed by atoms with Crippen molar-refractivity contribution in [3.63, 3.8) is 0 Å². The normalized spacial score (nSPS) is 17.9. The number of anilines is 1. The van der Waals surface area contributed by atoms with Crippen LogP contribution in [0.4, 0.5) is 5.82 Å². The fourth-order valence-electron chi connectivity index (χ4n) is 2.56. The van der Waals surface area contributed by atoms with Gasteiger partial charge in [-0.05, 0) is 47.0 Å². The first-order chi connectivity index (χ1) is 9.20. The lowest BCUT2D eigenvalue weighted by atomic mass is 10.1. The lowest BCUT2D eigenvalue weighted by Crippen LogP contribution is -2.34. The molecule has 6 heteroatoms. The average molecular weight is 341 g/mol. The van der Waals surface area contributed by atoms with Gasteiger partial charge in [-0.1, -0.05) is 0 Å². The zero-order valence-corrected chi connectivity index (χ0v) is 13.0. The van der Waals surface area contributed by atoms with E-state index in [2.05, 4.69) is 38.1 Å². The highest BCUT2D eigenvalue weighted by atomic mass is 79.9. The molecule has 2 aromatic rings. The number of likely N-dealkylation sites (tertiary alicyclic amines) is 1. The van der Waals surface area contributed by atoms with Crippen LogP contribution in [-0.2, 0) is 6.54 Å². The molecule has 1 aliphatic heterocycles. The van der Waals surface area contributed by atoms with E-state index in [1.54, 1.807) is 0 Å². The van der Waals surface area contributed by atoms with E-state index in [0.717, 1.165) is 32.5 Å². The van der Waals surface area contributed by atoms with E-state index in [1.807, 2.05) is 28.3 Å². The number of nitrogens with zero attached hydrogens (tertiary/aromatic N) is 3. The van der Waals surface area contributed by atoms with Gasteiger partial charge in [-0.2, -0.15) is 5.10 Å². The van der Waals surface area contributed by atoms with Crippen LogP contribution in [-0.4, -0.2) is 27.8 Å². The predicted octanol–water partition coefficient (Wildman–Crippen LogP) is 3.13. The van der Waals surface area contributed by atoms with Gasteiger partial charge >= 0.3 is 0 Å². The van der Waals surface area contributed by atoms with Crippen LogP contribution in [0.15, 0.2) is 28.2 Å². The van der Waals surface area contributed by atoms with Crippen LogP contribution in [0.5, 0.6) is 0 Å². The first-order valence-corrected chi connectivity index (χ1v) is 8.09. The quantitative estimate of drug-likeness (QED) is 0.933. The van der Waals surface area contributed by atoms with Gasteiger partial charge in [0.15, 0.2) is 0 Å². The van der Waals surface area contributed by atoms with E-state index in [4.69, 9.17) is 5.73 Å². The molecule has 3 rings (SSSR count). The van der Waals surface area contributed by atoms with Crippen molar-refractivity contribution in [3.8, 4) is 0 Å². The van der Waals surface area contributed by atoms with Gasteiger partial charge in [-0.25, -0.2) is 0 Å². The molecule has 0 atom stereocenters. The molecule has 19 heavy (non-hydrogen) atoms. The minimum absolute atomic E-state index is 0.503. The molecule has 3 heterocycles. The molecule has 0 unspecified atom stereocenters. The maximum atomic E-state index is 5.67. The van der Waals surface area contributed by atoms with E-state index < -0.39 is 0 Å². The smallest absolute Gasteiger partial charge is 0.145 e. The van der Waals surface area contributed by atoms with Gasteiger partial charge in [0.25, 0.3) is 0 Å². The summed E-state index contributed by atoms with van der Waals surface area (Å²) in [5.41, 5.74) is 5.67. The van der Waals surface area contributed by atoms with Crippen molar-refractivity contribution < 1.29 is 0 Å². The Kier molecular flexibility index (Phi) is 3.91. The Balaban J connectivity index is 1.54. The molecule has 0 bridgehead atoms. The Hall–Kier alpha value is -0.850. The summed E-state index contributed by atoms with van der Waals surface area (Å²) in [6.07, 6.45) is 4.29. The third kappa shape index (κ3) is 3.19. The first kappa shape index (κ1) is 13.1. The Bertz CT molecular complexity index is 542. The third-order valence-corrected chi connectivity index (χ3v) is 5.18. The fourth-order valence-corrected chi connectivity index (χ4v) is 4.08. The topological polar surface area (TPSA) is 47.1 Å². The zero-order valence-electron chi connectivity index (χ0n) is 10.6. The SMILES string of the molecule is Nc1ccn(C2CCN(Cc3ccc(Br)s3)CC2)n1. The average Bonchev–Trinajstić information content (AvgIpc) is 3.00. The number of aromatic nitrogens is 2. The number of nitrogens with two attached hydrogens (primary N) is 1. The van der Waals surface area contributed by atoms with Crippen LogP contribution in [0, 0.1) is 0 Å². The van der Waals surface area contributed by atoms with Crippen molar-refractivity contribution in [2.24, 2.45) is 0 Å². The van der Waals surface area contributed by atoms with Crippen LogP contribution >= 0.6 is 27.3 Å². The number of nitrogen functional groups attached to an aromatic ring is 1. The van der Waals surface area contributed by atoms with Crippen molar-refractivity contribution in [3.05, 3.63) is 33.1 Å². The van der Waals surface area contributed by atoms with Crippen LogP contribution in [0.2, 0.25) is 0 Å². The molecule has 4 nitrogen and oxygen atoms in total. The maximum absolute atomic E-state index is 5.67. The molecule has 0 saturated carbocycles. The molecule has 2 N–H and O–H groups in total. The third-order valence-electron chi connectivity index (χ3n) is 3.57. The molecule has 102 valence electrons. The van der Waals surface area contributed by atoms with E-state index in [0.29, 0.717) is 11.9 Å². The molecule has 0 aromatic carbocycles. The van der Waals surface area contributed by atoms with Gasteiger partial charge in [-0.15, -0.1) is 11.3 Å². The van der Waals surface area contributed by atoms with Crippen LogP contribution in [0.3, 0.4) is 0 Å². The zero-order chi connectivity index (χ0) is 13.2. The molecule has 0 aliphatic carbocycles. The lowest BCUT2D eigenvalue weighted by molar-refractivity contribution is 0.175. The fraction of sp³-hybridized carbons (Fsp3) is 0.462. The number of thiophene rings is 1. The summed E-state index contributed by atoms with van der Waals surface area (Å²) in [5, 5.41) is 4.32. The van der Waals surface area contributed by atoms with Crippen molar-refractivity contribution >= 4 is 33.1 Å². The molecular formula is C13H17BrN4S. The summed E-state index contributed by atoms with van der Waals surface area (Å²) in [4.78, 5) is 3.94. The number of rotatable bonds is 3. The molecule has 0 amide bonds. The first-order valence-electron chi connectivity index (χ1n) is 6.48. The number of hydrogen-bond acceptors (Lipinski definition) is 4. The molecule has 1 saturated heterocycles. The van der Waals surface area contributed by atoms with Gasteiger partial charge in [0.1, 0.15) is 5.82 Å². The van der Waals surface area contributed by atoms with Crippen molar-refractivity contribution in [2.45, 2.75) is 25.4 Å². The minimum Gasteiger partial charge on any atom is -0.382 e. The highest BCUT2D eigenvalue weighted by Crippen LogP contribution is 2.27. The van der Waals surface area contributed by atoms with Crippen molar-refractivity contribution in [2.75, 3.05) is 18.8 Å². The molecule has 0 radical (unpaired) electrons. The van der Waals surface area contributed by atoms with Crippen molar-refractivity contribution in [1.82, 2.24) is 14.7 Å². The minimum atomic E-state index is 0.503. The largest absolute Gasteiger partial charge is 0.382 e. The summed E-state index contributed by atoms with van der Waals surface area (Å²) >= 11 is 5.34.